The van der Waals surface area contributed by atoms with Gasteiger partial charge in [0.05, 0.1) is 27.9 Å². The second-order valence-corrected chi connectivity index (χ2v) is 11.5. The van der Waals surface area contributed by atoms with E-state index in [2.05, 4.69) is 39.4 Å². The van der Waals surface area contributed by atoms with Crippen LogP contribution in [0.15, 0.2) is 90.0 Å². The van der Waals surface area contributed by atoms with E-state index in [4.69, 9.17) is 4.74 Å². The molecule has 0 amide bonds. The predicted octanol–water partition coefficient (Wildman–Crippen LogP) is 6.34. The van der Waals surface area contributed by atoms with Crippen LogP contribution in [-0.4, -0.2) is 33.0 Å². The average molecular weight is 567 g/mol. The van der Waals surface area contributed by atoms with Crippen LogP contribution in [0, 0.1) is 27.7 Å². The summed E-state index contributed by atoms with van der Waals surface area (Å²) >= 11 is 0. The van der Waals surface area contributed by atoms with Crippen LogP contribution < -0.4 is 10.0 Å². The molecule has 1 unspecified atom stereocenters. The van der Waals surface area contributed by atoms with Gasteiger partial charge in [0.2, 0.25) is 0 Å². The summed E-state index contributed by atoms with van der Waals surface area (Å²) in [6, 6.07) is 25.2. The van der Waals surface area contributed by atoms with Gasteiger partial charge in [-0.1, -0.05) is 54.1 Å². The van der Waals surface area contributed by atoms with Crippen molar-refractivity contribution < 1.29 is 13.7 Å². The molecule has 41 heavy (non-hydrogen) atoms. The number of aryl methyl sites for hydroxylation is 4. The van der Waals surface area contributed by atoms with Crippen molar-refractivity contribution in [1.29, 1.82) is 0 Å². The molecule has 0 aliphatic rings. The van der Waals surface area contributed by atoms with E-state index in [9.17, 15) is 9.00 Å². The maximum Gasteiger partial charge on any atom is 0.338 e. The lowest BCUT2D eigenvalue weighted by Crippen LogP contribution is -2.25. The highest BCUT2D eigenvalue weighted by Crippen LogP contribution is 2.28. The van der Waals surface area contributed by atoms with Gasteiger partial charge in [0.15, 0.2) is 0 Å². The third kappa shape index (κ3) is 6.56. The Labute approximate surface area is 243 Å². The van der Waals surface area contributed by atoms with Crippen molar-refractivity contribution >= 4 is 33.5 Å². The molecule has 5 aromatic rings. The van der Waals surface area contributed by atoms with Crippen LogP contribution in [-0.2, 0) is 22.3 Å². The van der Waals surface area contributed by atoms with Crippen molar-refractivity contribution in [2.75, 3.05) is 18.4 Å². The van der Waals surface area contributed by atoms with E-state index in [1.54, 1.807) is 12.1 Å². The number of fused-ring (bicyclic) bond motifs is 1. The molecule has 210 valence electrons. The molecule has 0 radical (unpaired) electrons. The Kier molecular flexibility index (Phi) is 8.61. The van der Waals surface area contributed by atoms with E-state index >= 15 is 0 Å². The summed E-state index contributed by atoms with van der Waals surface area (Å²) in [4.78, 5) is 13.6. The number of ether oxygens (including phenoxy) is 1. The number of carbonyl (C=O) groups excluding carboxylic acids is 1. The SMILES string of the molecule is Cc1cc(C)c(S(=O)NCCNc2cc(C)cc3c2cnn3-c2cccc(C(=O)OCc3ccccc3)c2)c(C)c1. The lowest BCUT2D eigenvalue weighted by Gasteiger charge is -2.13. The van der Waals surface area contributed by atoms with E-state index in [1.165, 1.54) is 5.56 Å². The number of benzene rings is 4. The van der Waals surface area contributed by atoms with Crippen molar-refractivity contribution in [3.05, 3.63) is 118 Å². The van der Waals surface area contributed by atoms with Gasteiger partial charge in [-0.3, -0.25) is 0 Å². The van der Waals surface area contributed by atoms with Crippen molar-refractivity contribution in [2.45, 2.75) is 39.2 Å². The predicted molar refractivity (Wildman–Crippen MR) is 165 cm³/mol. The molecular formula is C33H34N4O3S. The number of aromatic nitrogens is 2. The molecule has 0 aliphatic carbocycles. The summed E-state index contributed by atoms with van der Waals surface area (Å²) in [5.74, 6) is -0.383. The fourth-order valence-electron chi connectivity index (χ4n) is 5.06. The maximum absolute atomic E-state index is 13.0. The Bertz CT molecular complexity index is 1710. The van der Waals surface area contributed by atoms with Gasteiger partial charge in [-0.2, -0.15) is 5.10 Å². The first-order valence-corrected chi connectivity index (χ1v) is 14.7. The first-order valence-electron chi connectivity index (χ1n) is 13.6. The summed E-state index contributed by atoms with van der Waals surface area (Å²) in [5.41, 5.74) is 8.34. The van der Waals surface area contributed by atoms with Crippen LogP contribution >= 0.6 is 0 Å². The zero-order valence-electron chi connectivity index (χ0n) is 23.7. The van der Waals surface area contributed by atoms with Crippen molar-refractivity contribution in [3.63, 3.8) is 0 Å². The van der Waals surface area contributed by atoms with Crippen molar-refractivity contribution in [3.8, 4) is 5.69 Å². The Balaban J connectivity index is 1.28. The van der Waals surface area contributed by atoms with Gasteiger partial charge >= 0.3 is 5.97 Å². The smallest absolute Gasteiger partial charge is 0.338 e. The number of hydrogen-bond acceptors (Lipinski definition) is 5. The summed E-state index contributed by atoms with van der Waals surface area (Å²) < 4.78 is 23.5. The summed E-state index contributed by atoms with van der Waals surface area (Å²) in [7, 11) is -1.29. The molecule has 4 aromatic carbocycles. The number of nitrogens with one attached hydrogen (secondary N) is 2. The first-order chi connectivity index (χ1) is 19.8. The minimum Gasteiger partial charge on any atom is -0.457 e. The minimum absolute atomic E-state index is 0.218. The van der Waals surface area contributed by atoms with Gasteiger partial charge in [-0.05, 0) is 80.3 Å². The lowest BCUT2D eigenvalue weighted by atomic mass is 10.1. The second-order valence-electron chi connectivity index (χ2n) is 10.2. The lowest BCUT2D eigenvalue weighted by molar-refractivity contribution is 0.0472. The minimum atomic E-state index is -1.29. The van der Waals surface area contributed by atoms with Gasteiger partial charge in [-0.25, -0.2) is 18.4 Å². The van der Waals surface area contributed by atoms with Gasteiger partial charge in [-0.15, -0.1) is 0 Å². The third-order valence-electron chi connectivity index (χ3n) is 6.84. The Morgan fingerprint density at radius 3 is 2.37 bits per heavy atom. The maximum atomic E-state index is 13.0. The Morgan fingerprint density at radius 2 is 1.61 bits per heavy atom. The molecule has 1 aromatic heterocycles. The highest BCUT2D eigenvalue weighted by Gasteiger charge is 2.14. The van der Waals surface area contributed by atoms with E-state index in [-0.39, 0.29) is 12.6 Å². The number of esters is 1. The van der Waals surface area contributed by atoms with Crippen LogP contribution in [0.2, 0.25) is 0 Å². The van der Waals surface area contributed by atoms with Crippen LogP contribution in [0.4, 0.5) is 5.69 Å². The fraction of sp³-hybridized carbons (Fsp3) is 0.212. The summed E-state index contributed by atoms with van der Waals surface area (Å²) in [6.45, 7) is 9.41. The number of nitrogens with zero attached hydrogens (tertiary/aromatic N) is 2. The average Bonchev–Trinajstić information content (AvgIpc) is 3.38. The molecule has 2 N–H and O–H groups in total. The largest absolute Gasteiger partial charge is 0.457 e. The number of anilines is 1. The molecule has 0 fully saturated rings. The van der Waals surface area contributed by atoms with Gasteiger partial charge in [0, 0.05) is 24.2 Å². The zero-order chi connectivity index (χ0) is 28.9. The van der Waals surface area contributed by atoms with Crippen molar-refractivity contribution in [2.24, 2.45) is 0 Å². The van der Waals surface area contributed by atoms with Crippen molar-refractivity contribution in [1.82, 2.24) is 14.5 Å². The summed E-state index contributed by atoms with van der Waals surface area (Å²) in [5, 5.41) is 9.08. The van der Waals surface area contributed by atoms with E-state index in [0.717, 1.165) is 49.4 Å². The van der Waals surface area contributed by atoms with Crippen LogP contribution in [0.25, 0.3) is 16.6 Å². The standard InChI is InChI=1S/C33H34N4O3S/c1-22-15-24(3)32(25(4)16-22)41(39)36-14-13-34-30-17-23(2)18-31-29(30)20-35-37(31)28-12-8-11-27(19-28)33(38)40-21-26-9-6-5-7-10-26/h5-12,15-20,34,36H,13-14,21H2,1-4H3. The molecule has 0 spiro atoms. The van der Waals surface area contributed by atoms with Gasteiger partial charge < -0.3 is 10.1 Å². The molecular weight excluding hydrogens is 532 g/mol. The molecule has 1 atom stereocenters. The van der Waals surface area contributed by atoms with Crippen LogP contribution in [0.5, 0.6) is 0 Å². The highest BCUT2D eigenvalue weighted by molar-refractivity contribution is 7.83. The topological polar surface area (TPSA) is 85.3 Å². The molecule has 0 saturated heterocycles. The quantitative estimate of drug-likeness (QED) is 0.152. The molecule has 0 saturated carbocycles. The zero-order valence-corrected chi connectivity index (χ0v) is 24.5. The molecule has 8 heteroatoms. The summed E-state index contributed by atoms with van der Waals surface area (Å²) in [6.07, 6.45) is 1.82. The molecule has 0 bridgehead atoms. The molecule has 7 nitrogen and oxygen atoms in total. The van der Waals surface area contributed by atoms with Gasteiger partial charge in [0.25, 0.3) is 0 Å². The highest BCUT2D eigenvalue weighted by atomic mass is 32.2. The second kappa shape index (κ2) is 12.5. The van der Waals surface area contributed by atoms with E-state index in [1.807, 2.05) is 81.0 Å². The molecule has 0 aliphatic heterocycles. The number of hydrogen-bond donors (Lipinski definition) is 2. The fourth-order valence-corrected chi connectivity index (χ4v) is 6.20. The van der Waals surface area contributed by atoms with Gasteiger partial charge in [0.1, 0.15) is 17.6 Å². The normalized spacial score (nSPS) is 11.9. The first kappa shape index (κ1) is 28.3. The molecule has 5 rings (SSSR count). The number of carbonyl (C=O) groups is 1. The van der Waals surface area contributed by atoms with E-state index in [0.29, 0.717) is 18.7 Å². The van der Waals surface area contributed by atoms with Crippen LogP contribution in [0.3, 0.4) is 0 Å². The van der Waals surface area contributed by atoms with E-state index < -0.39 is 11.0 Å². The Hall–Kier alpha value is -4.27. The van der Waals surface area contributed by atoms with Crippen LogP contribution in [0.1, 0.15) is 38.2 Å². The molecule has 1 heterocycles. The Morgan fingerprint density at radius 1 is 0.878 bits per heavy atom. The third-order valence-corrected chi connectivity index (χ3v) is 8.32. The monoisotopic (exact) mass is 566 g/mol. The number of rotatable bonds is 10.